The summed E-state index contributed by atoms with van der Waals surface area (Å²) in [5, 5.41) is 5.40. The molecule has 0 unspecified atom stereocenters. The van der Waals surface area contributed by atoms with Gasteiger partial charge in [0, 0.05) is 48.9 Å². The maximum atomic E-state index is 13.5. The average molecular weight is 449 g/mol. The lowest BCUT2D eigenvalue weighted by Gasteiger charge is -2.34. The first kappa shape index (κ1) is 20.8. The van der Waals surface area contributed by atoms with Gasteiger partial charge < -0.3 is 9.80 Å². The minimum atomic E-state index is -0.0483. The molecule has 0 spiro atoms. The van der Waals surface area contributed by atoms with Gasteiger partial charge in [-0.2, -0.15) is 5.10 Å². The Labute approximate surface area is 192 Å². The fourth-order valence-corrected chi connectivity index (χ4v) is 4.27. The molecule has 0 N–H and O–H groups in total. The van der Waals surface area contributed by atoms with Crippen LogP contribution in [0.5, 0.6) is 0 Å². The number of benzene rings is 2. The topological polar surface area (TPSA) is 58.4 Å². The second kappa shape index (κ2) is 8.79. The second-order valence-corrected chi connectivity index (χ2v) is 8.91. The van der Waals surface area contributed by atoms with Gasteiger partial charge in [0.1, 0.15) is 5.69 Å². The monoisotopic (exact) mass is 448 g/mol. The fourth-order valence-electron chi connectivity index (χ4n) is 4.14. The van der Waals surface area contributed by atoms with Gasteiger partial charge in [0.2, 0.25) is 5.91 Å². The number of carbonyl (C=O) groups excluding carboxylic acids is 2. The van der Waals surface area contributed by atoms with E-state index in [1.807, 2.05) is 75.3 Å². The molecular formula is C25H25ClN4O2. The van der Waals surface area contributed by atoms with Gasteiger partial charge in [-0.3, -0.25) is 14.3 Å². The molecule has 1 saturated heterocycles. The summed E-state index contributed by atoms with van der Waals surface area (Å²) in [5.41, 5.74) is 3.19. The molecule has 32 heavy (non-hydrogen) atoms. The molecule has 1 aliphatic carbocycles. The third kappa shape index (κ3) is 4.41. The Morgan fingerprint density at radius 3 is 2.22 bits per heavy atom. The molecule has 1 saturated carbocycles. The SMILES string of the molecule is O=C(c1cn(Cc2ccccc2)nc1-c1ccc(Cl)cc1)N1CCN(C(=O)C2CC2)CC1. The second-order valence-electron chi connectivity index (χ2n) is 8.47. The first-order valence-corrected chi connectivity index (χ1v) is 11.4. The van der Waals surface area contributed by atoms with Crippen LogP contribution >= 0.6 is 11.6 Å². The van der Waals surface area contributed by atoms with E-state index in [-0.39, 0.29) is 17.7 Å². The van der Waals surface area contributed by atoms with E-state index < -0.39 is 0 Å². The van der Waals surface area contributed by atoms with Crippen molar-refractivity contribution in [2.24, 2.45) is 5.92 Å². The fraction of sp³-hybridized carbons (Fsp3) is 0.320. The number of halogens is 1. The zero-order chi connectivity index (χ0) is 22.1. The molecule has 3 aromatic rings. The highest BCUT2D eigenvalue weighted by molar-refractivity contribution is 6.30. The van der Waals surface area contributed by atoms with Crippen molar-refractivity contribution >= 4 is 23.4 Å². The molecular weight excluding hydrogens is 424 g/mol. The molecule has 2 aromatic carbocycles. The van der Waals surface area contributed by atoms with Crippen molar-refractivity contribution in [3.05, 3.63) is 76.9 Å². The van der Waals surface area contributed by atoms with Crippen LogP contribution in [-0.2, 0) is 11.3 Å². The lowest BCUT2D eigenvalue weighted by atomic mass is 10.1. The molecule has 7 heteroatoms. The van der Waals surface area contributed by atoms with Gasteiger partial charge in [-0.15, -0.1) is 0 Å². The third-order valence-electron chi connectivity index (χ3n) is 6.10. The van der Waals surface area contributed by atoms with Gasteiger partial charge in [0.15, 0.2) is 0 Å². The quantitative estimate of drug-likeness (QED) is 0.594. The molecule has 5 rings (SSSR count). The van der Waals surface area contributed by atoms with Crippen molar-refractivity contribution in [1.82, 2.24) is 19.6 Å². The predicted molar refractivity (Wildman–Crippen MR) is 123 cm³/mol. The van der Waals surface area contributed by atoms with E-state index in [1.54, 1.807) is 0 Å². The molecule has 6 nitrogen and oxygen atoms in total. The Kier molecular flexibility index (Phi) is 5.70. The number of hydrogen-bond acceptors (Lipinski definition) is 3. The van der Waals surface area contributed by atoms with Crippen molar-refractivity contribution in [1.29, 1.82) is 0 Å². The van der Waals surface area contributed by atoms with E-state index in [9.17, 15) is 9.59 Å². The Bertz CT molecular complexity index is 1110. The summed E-state index contributed by atoms with van der Waals surface area (Å²) in [7, 11) is 0. The molecule has 2 aliphatic rings. The molecule has 0 radical (unpaired) electrons. The first-order valence-electron chi connectivity index (χ1n) is 11.0. The number of hydrogen-bond donors (Lipinski definition) is 0. The van der Waals surface area contributed by atoms with Gasteiger partial charge in [-0.05, 0) is 30.5 Å². The van der Waals surface area contributed by atoms with Crippen LogP contribution in [0.1, 0.15) is 28.8 Å². The maximum absolute atomic E-state index is 13.5. The van der Waals surface area contributed by atoms with E-state index in [0.717, 1.165) is 24.0 Å². The van der Waals surface area contributed by atoms with E-state index in [1.165, 1.54) is 0 Å². The van der Waals surface area contributed by atoms with Crippen LogP contribution < -0.4 is 0 Å². The number of rotatable bonds is 5. The van der Waals surface area contributed by atoms with Crippen LogP contribution in [0.15, 0.2) is 60.8 Å². The first-order chi connectivity index (χ1) is 15.6. The number of nitrogens with zero attached hydrogens (tertiary/aromatic N) is 4. The van der Waals surface area contributed by atoms with E-state index in [4.69, 9.17) is 16.7 Å². The van der Waals surface area contributed by atoms with Crippen LogP contribution in [0.4, 0.5) is 0 Å². The molecule has 2 amide bonds. The van der Waals surface area contributed by atoms with Crippen molar-refractivity contribution in [3.8, 4) is 11.3 Å². The molecule has 0 atom stereocenters. The normalized spacial score (nSPS) is 16.3. The summed E-state index contributed by atoms with van der Waals surface area (Å²) in [6.07, 6.45) is 3.84. The van der Waals surface area contributed by atoms with Crippen molar-refractivity contribution in [2.45, 2.75) is 19.4 Å². The van der Waals surface area contributed by atoms with Crippen LogP contribution in [0.3, 0.4) is 0 Å². The lowest BCUT2D eigenvalue weighted by Crippen LogP contribution is -2.51. The standard InChI is InChI=1S/C25H25ClN4O2/c26-21-10-8-19(9-11-21)23-22(17-30(27-23)16-18-4-2-1-3-5-18)25(32)29-14-12-28(13-15-29)24(31)20-6-7-20/h1-5,8-11,17,20H,6-7,12-16H2. The van der Waals surface area contributed by atoms with Gasteiger partial charge in [0.05, 0.1) is 12.1 Å². The van der Waals surface area contributed by atoms with Crippen molar-refractivity contribution in [3.63, 3.8) is 0 Å². The maximum Gasteiger partial charge on any atom is 0.257 e. The van der Waals surface area contributed by atoms with E-state index in [2.05, 4.69) is 0 Å². The summed E-state index contributed by atoms with van der Waals surface area (Å²) >= 11 is 6.07. The Balaban J connectivity index is 1.39. The summed E-state index contributed by atoms with van der Waals surface area (Å²) in [6, 6.07) is 17.5. The van der Waals surface area contributed by atoms with Gasteiger partial charge in [-0.25, -0.2) is 0 Å². The van der Waals surface area contributed by atoms with Crippen molar-refractivity contribution < 1.29 is 9.59 Å². The van der Waals surface area contributed by atoms with Crippen LogP contribution in [-0.4, -0.2) is 57.6 Å². The molecule has 1 aliphatic heterocycles. The highest BCUT2D eigenvalue weighted by Crippen LogP contribution is 2.31. The van der Waals surface area contributed by atoms with Crippen LogP contribution in [0.2, 0.25) is 5.02 Å². The minimum absolute atomic E-state index is 0.0483. The lowest BCUT2D eigenvalue weighted by molar-refractivity contribution is -0.134. The summed E-state index contributed by atoms with van der Waals surface area (Å²) in [5.74, 6) is 0.410. The van der Waals surface area contributed by atoms with Crippen molar-refractivity contribution in [2.75, 3.05) is 26.2 Å². The predicted octanol–water partition coefficient (Wildman–Crippen LogP) is 3.95. The van der Waals surface area contributed by atoms with Crippen LogP contribution in [0, 0.1) is 5.92 Å². The number of carbonyl (C=O) groups is 2. The number of amides is 2. The summed E-state index contributed by atoms with van der Waals surface area (Å²) in [6.45, 7) is 2.85. The van der Waals surface area contributed by atoms with Crippen LogP contribution in [0.25, 0.3) is 11.3 Å². The van der Waals surface area contributed by atoms with Gasteiger partial charge >= 0.3 is 0 Å². The molecule has 2 heterocycles. The molecule has 0 bridgehead atoms. The summed E-state index contributed by atoms with van der Waals surface area (Å²) in [4.78, 5) is 29.6. The van der Waals surface area contributed by atoms with Gasteiger partial charge in [0.25, 0.3) is 5.91 Å². The smallest absolute Gasteiger partial charge is 0.257 e. The Hall–Kier alpha value is -3.12. The molecule has 164 valence electrons. The Morgan fingerprint density at radius 1 is 0.906 bits per heavy atom. The van der Waals surface area contributed by atoms with Gasteiger partial charge in [-0.1, -0.05) is 54.1 Å². The molecule has 2 fully saturated rings. The third-order valence-corrected chi connectivity index (χ3v) is 6.35. The average Bonchev–Trinajstić information content (AvgIpc) is 3.60. The largest absolute Gasteiger partial charge is 0.339 e. The molecule has 1 aromatic heterocycles. The Morgan fingerprint density at radius 2 is 1.56 bits per heavy atom. The highest BCUT2D eigenvalue weighted by atomic mass is 35.5. The minimum Gasteiger partial charge on any atom is -0.339 e. The van der Waals surface area contributed by atoms with E-state index >= 15 is 0 Å². The number of aromatic nitrogens is 2. The zero-order valence-corrected chi connectivity index (χ0v) is 18.5. The zero-order valence-electron chi connectivity index (χ0n) is 17.8. The summed E-state index contributed by atoms with van der Waals surface area (Å²) < 4.78 is 1.82. The van der Waals surface area contributed by atoms with E-state index in [0.29, 0.717) is 49.0 Å². The number of piperazine rings is 1. The highest BCUT2D eigenvalue weighted by Gasteiger charge is 2.35.